The maximum Gasteiger partial charge on any atom is 0.261 e. The Hall–Kier alpha value is -2.44. The molecule has 0 aliphatic heterocycles. The van der Waals surface area contributed by atoms with Gasteiger partial charge in [-0.25, -0.2) is 0 Å². The Morgan fingerprint density at radius 1 is 1.17 bits per heavy atom. The molecule has 0 aliphatic carbocycles. The number of amides is 1. The molecule has 0 bridgehead atoms. The Kier molecular flexibility index (Phi) is 6.87. The van der Waals surface area contributed by atoms with Gasteiger partial charge in [-0.15, -0.1) is 0 Å². The minimum atomic E-state index is -0.331. The summed E-state index contributed by atoms with van der Waals surface area (Å²) in [5, 5.41) is 7.95. The lowest BCUT2D eigenvalue weighted by Crippen LogP contribution is -2.34. The Morgan fingerprint density at radius 3 is 2.52 bits per heavy atom. The highest BCUT2D eigenvalue weighted by Crippen LogP contribution is 2.36. The summed E-state index contributed by atoms with van der Waals surface area (Å²) in [6.45, 7) is 4.36. The fourth-order valence-corrected chi connectivity index (χ4v) is 4.06. The second kappa shape index (κ2) is 9.37. The summed E-state index contributed by atoms with van der Waals surface area (Å²) in [6.07, 6.45) is 1.09. The first kappa shape index (κ1) is 21.3. The van der Waals surface area contributed by atoms with Gasteiger partial charge in [0.25, 0.3) is 5.91 Å². The topological polar surface area (TPSA) is 50.4 Å². The van der Waals surface area contributed by atoms with Gasteiger partial charge in [0.1, 0.15) is 5.75 Å². The number of hydrogen-bond acceptors (Lipinski definition) is 3. The van der Waals surface area contributed by atoms with Crippen molar-refractivity contribution in [3.63, 3.8) is 0 Å². The van der Waals surface area contributed by atoms with E-state index in [9.17, 15) is 4.79 Å². The number of nitrogens with one attached hydrogen (secondary N) is 2. The van der Waals surface area contributed by atoms with Crippen molar-refractivity contribution in [2.75, 3.05) is 12.4 Å². The highest BCUT2D eigenvalue weighted by atomic mass is 79.9. The molecule has 4 nitrogen and oxygen atoms in total. The van der Waals surface area contributed by atoms with E-state index >= 15 is 0 Å². The molecule has 0 saturated heterocycles. The molecule has 0 unspecified atom stereocenters. The number of rotatable bonds is 5. The third kappa shape index (κ3) is 4.77. The maximum absolute atomic E-state index is 12.9. The molecule has 1 atom stereocenters. The molecule has 1 amide bonds. The first-order valence-corrected chi connectivity index (χ1v) is 10.6. The summed E-state index contributed by atoms with van der Waals surface area (Å²) in [4.78, 5) is 12.9. The molecule has 0 saturated carbocycles. The molecule has 6 heteroatoms. The van der Waals surface area contributed by atoms with E-state index in [1.54, 1.807) is 13.2 Å². The van der Waals surface area contributed by atoms with Gasteiger partial charge < -0.3 is 10.1 Å². The van der Waals surface area contributed by atoms with Crippen LogP contribution >= 0.6 is 28.1 Å². The lowest BCUT2D eigenvalue weighted by atomic mass is 9.99. The van der Waals surface area contributed by atoms with Crippen LogP contribution in [-0.2, 0) is 0 Å². The highest BCUT2D eigenvalue weighted by Gasteiger charge is 2.19. The zero-order chi connectivity index (χ0) is 21.0. The van der Waals surface area contributed by atoms with Crippen molar-refractivity contribution in [1.29, 1.82) is 0 Å². The molecule has 150 valence electrons. The number of fused-ring (bicyclic) bond motifs is 1. The fourth-order valence-electron chi connectivity index (χ4n) is 3.12. The van der Waals surface area contributed by atoms with Gasteiger partial charge in [0.05, 0.1) is 17.1 Å². The number of halogens is 1. The summed E-state index contributed by atoms with van der Waals surface area (Å²) in [7, 11) is 1.54. The Balaban J connectivity index is 1.77. The molecule has 29 heavy (non-hydrogen) atoms. The Bertz CT molecular complexity index is 1050. The minimum absolute atomic E-state index is 0.234. The van der Waals surface area contributed by atoms with Crippen LogP contribution in [0.2, 0.25) is 0 Å². The third-order valence-corrected chi connectivity index (χ3v) is 5.96. The van der Waals surface area contributed by atoms with E-state index in [0.717, 1.165) is 27.4 Å². The maximum atomic E-state index is 12.9. The van der Waals surface area contributed by atoms with E-state index in [2.05, 4.69) is 52.5 Å². The van der Waals surface area contributed by atoms with Crippen LogP contribution in [-0.4, -0.2) is 18.1 Å². The summed E-state index contributed by atoms with van der Waals surface area (Å²) in [5.74, 6) is 0.651. The normalized spacial score (nSPS) is 11.7. The molecule has 3 aromatic rings. The van der Waals surface area contributed by atoms with Gasteiger partial charge >= 0.3 is 0 Å². The van der Waals surface area contributed by atoms with Crippen LogP contribution in [0, 0.1) is 0 Å². The quantitative estimate of drug-likeness (QED) is 0.432. The summed E-state index contributed by atoms with van der Waals surface area (Å²) < 4.78 is 6.22. The van der Waals surface area contributed by atoms with Crippen molar-refractivity contribution < 1.29 is 9.53 Å². The van der Waals surface area contributed by atoms with E-state index < -0.39 is 0 Å². The van der Waals surface area contributed by atoms with Crippen molar-refractivity contribution in [2.24, 2.45) is 0 Å². The largest absolute Gasteiger partial charge is 0.495 e. The summed E-state index contributed by atoms with van der Waals surface area (Å²) in [6, 6.07) is 17.7. The number of ether oxygens (including phenoxy) is 1. The molecule has 3 rings (SSSR count). The first-order chi connectivity index (χ1) is 13.9. The first-order valence-electron chi connectivity index (χ1n) is 9.42. The van der Waals surface area contributed by atoms with E-state index in [0.29, 0.717) is 17.2 Å². The minimum Gasteiger partial charge on any atom is -0.495 e. The lowest BCUT2D eigenvalue weighted by molar-refractivity contribution is 0.0975. The van der Waals surface area contributed by atoms with Gasteiger partial charge in [0, 0.05) is 5.69 Å². The standard InChI is InChI=1S/C23H23BrN2O2S/c1-4-14(2)15-9-11-17(12-10-15)25-23(29)26-22(27)19-13-16-7-5-6-8-18(16)20(24)21(19)28-3/h5-14H,4H2,1-3H3,(H2,25,26,27,29)/t14-/m0/s1. The molecule has 2 N–H and O–H groups in total. The zero-order valence-corrected chi connectivity index (χ0v) is 19.0. The molecule has 3 aromatic carbocycles. The van der Waals surface area contributed by atoms with Crippen molar-refractivity contribution >= 4 is 55.6 Å². The lowest BCUT2D eigenvalue weighted by Gasteiger charge is -2.15. The third-order valence-electron chi connectivity index (χ3n) is 4.97. The fraction of sp³-hybridized carbons (Fsp3) is 0.217. The van der Waals surface area contributed by atoms with Crippen LogP contribution in [0.15, 0.2) is 59.1 Å². The van der Waals surface area contributed by atoms with Crippen molar-refractivity contribution in [3.8, 4) is 5.75 Å². The second-order valence-corrected chi connectivity index (χ2v) is 8.03. The molecule has 0 fully saturated rings. The van der Waals surface area contributed by atoms with Crippen molar-refractivity contribution in [2.45, 2.75) is 26.2 Å². The monoisotopic (exact) mass is 470 g/mol. The molecule has 0 aliphatic rings. The zero-order valence-electron chi connectivity index (χ0n) is 16.6. The predicted octanol–water partition coefficient (Wildman–Crippen LogP) is 6.25. The van der Waals surface area contributed by atoms with Crippen LogP contribution in [0.1, 0.15) is 42.1 Å². The molecule has 0 heterocycles. The van der Waals surface area contributed by atoms with Crippen LogP contribution in [0.5, 0.6) is 5.75 Å². The molecule has 0 radical (unpaired) electrons. The number of benzene rings is 3. The smallest absolute Gasteiger partial charge is 0.261 e. The molecule has 0 spiro atoms. The highest BCUT2D eigenvalue weighted by molar-refractivity contribution is 9.10. The molecular weight excluding hydrogens is 448 g/mol. The van der Waals surface area contributed by atoms with E-state index in [4.69, 9.17) is 17.0 Å². The van der Waals surface area contributed by atoms with Crippen LogP contribution in [0.25, 0.3) is 10.8 Å². The van der Waals surface area contributed by atoms with E-state index in [-0.39, 0.29) is 11.0 Å². The van der Waals surface area contributed by atoms with Crippen LogP contribution in [0.4, 0.5) is 5.69 Å². The van der Waals surface area contributed by atoms with Crippen LogP contribution < -0.4 is 15.4 Å². The number of carbonyl (C=O) groups is 1. The van der Waals surface area contributed by atoms with Crippen molar-refractivity contribution in [1.82, 2.24) is 5.32 Å². The molecular formula is C23H23BrN2O2S. The number of hydrogen-bond donors (Lipinski definition) is 2. The number of thiocarbonyl (C=S) groups is 1. The average Bonchev–Trinajstić information content (AvgIpc) is 2.73. The summed E-state index contributed by atoms with van der Waals surface area (Å²) in [5.41, 5.74) is 2.52. The number of anilines is 1. The number of carbonyl (C=O) groups excluding carboxylic acids is 1. The Morgan fingerprint density at radius 2 is 1.86 bits per heavy atom. The van der Waals surface area contributed by atoms with Gasteiger partial charge in [-0.1, -0.05) is 50.2 Å². The predicted molar refractivity (Wildman–Crippen MR) is 127 cm³/mol. The van der Waals surface area contributed by atoms with Gasteiger partial charge in [0.2, 0.25) is 0 Å². The summed E-state index contributed by atoms with van der Waals surface area (Å²) >= 11 is 8.88. The Labute approximate surface area is 184 Å². The number of methoxy groups -OCH3 is 1. The van der Waals surface area contributed by atoms with Gasteiger partial charge in [-0.3, -0.25) is 10.1 Å². The van der Waals surface area contributed by atoms with E-state index in [1.165, 1.54) is 5.56 Å². The van der Waals surface area contributed by atoms with Gasteiger partial charge in [0.15, 0.2) is 5.11 Å². The second-order valence-electron chi connectivity index (χ2n) is 6.83. The SMILES string of the molecule is CC[C@H](C)c1ccc(NC(=S)NC(=O)c2cc3ccccc3c(Br)c2OC)cc1. The van der Waals surface area contributed by atoms with Gasteiger partial charge in [-0.2, -0.15) is 0 Å². The van der Waals surface area contributed by atoms with Crippen molar-refractivity contribution in [3.05, 3.63) is 70.2 Å². The molecule has 0 aromatic heterocycles. The van der Waals surface area contributed by atoms with Gasteiger partial charge in [-0.05, 0) is 75.0 Å². The van der Waals surface area contributed by atoms with E-state index in [1.807, 2.05) is 36.4 Å². The average molecular weight is 471 g/mol. The van der Waals surface area contributed by atoms with Crippen LogP contribution in [0.3, 0.4) is 0 Å².